The Morgan fingerprint density at radius 3 is 2.57 bits per heavy atom. The SMILES string of the molecule is CCN(c1cccc(F)c1)c1cccc(SC)c1C(N)=S. The summed E-state index contributed by atoms with van der Waals surface area (Å²) in [4.78, 5) is 3.39. The Balaban J connectivity index is 2.60. The number of nitrogens with zero attached hydrogens (tertiary/aromatic N) is 1. The van der Waals surface area contributed by atoms with Crippen molar-refractivity contribution in [3.63, 3.8) is 0 Å². The zero-order valence-electron chi connectivity index (χ0n) is 12.0. The molecular weight excluding hydrogens is 303 g/mol. The summed E-state index contributed by atoms with van der Waals surface area (Å²) in [6.45, 7) is 2.71. The molecule has 0 aliphatic rings. The maximum Gasteiger partial charge on any atom is 0.125 e. The van der Waals surface area contributed by atoms with E-state index >= 15 is 0 Å². The highest BCUT2D eigenvalue weighted by molar-refractivity contribution is 7.98. The molecule has 0 unspecified atom stereocenters. The van der Waals surface area contributed by atoms with E-state index in [4.69, 9.17) is 18.0 Å². The number of hydrogen-bond acceptors (Lipinski definition) is 3. The van der Waals surface area contributed by atoms with E-state index in [0.717, 1.165) is 21.8 Å². The molecule has 0 aliphatic heterocycles. The van der Waals surface area contributed by atoms with Gasteiger partial charge in [-0.15, -0.1) is 11.8 Å². The standard InChI is InChI=1S/C16H17FN2S2/c1-3-19(12-7-4-6-11(17)10-12)13-8-5-9-14(21-2)15(13)16(18)20/h4-10H,3H2,1-2H3,(H2,18,20). The number of thiocarbonyl (C=S) groups is 1. The Bertz CT molecular complexity index is 658. The zero-order valence-corrected chi connectivity index (χ0v) is 13.6. The van der Waals surface area contributed by atoms with Crippen molar-refractivity contribution in [3.05, 3.63) is 53.8 Å². The van der Waals surface area contributed by atoms with Gasteiger partial charge in [0.1, 0.15) is 10.8 Å². The predicted octanol–water partition coefficient (Wildman–Crippen LogP) is 4.34. The molecule has 2 rings (SSSR count). The van der Waals surface area contributed by atoms with Crippen LogP contribution in [0.5, 0.6) is 0 Å². The summed E-state index contributed by atoms with van der Waals surface area (Å²) >= 11 is 6.81. The van der Waals surface area contributed by atoms with Crippen LogP contribution in [0.3, 0.4) is 0 Å². The van der Waals surface area contributed by atoms with Gasteiger partial charge in [-0.2, -0.15) is 0 Å². The van der Waals surface area contributed by atoms with Gasteiger partial charge in [0, 0.05) is 22.7 Å². The molecule has 0 amide bonds. The summed E-state index contributed by atoms with van der Waals surface area (Å²) in [6, 6.07) is 12.4. The lowest BCUT2D eigenvalue weighted by Crippen LogP contribution is -2.22. The van der Waals surface area contributed by atoms with Gasteiger partial charge in [-0.05, 0) is 43.5 Å². The summed E-state index contributed by atoms with van der Waals surface area (Å²) in [5, 5.41) is 0. The van der Waals surface area contributed by atoms with Crippen LogP contribution in [0, 0.1) is 5.82 Å². The minimum Gasteiger partial charge on any atom is -0.389 e. The lowest BCUT2D eigenvalue weighted by molar-refractivity contribution is 0.627. The van der Waals surface area contributed by atoms with Crippen LogP contribution < -0.4 is 10.6 Å². The van der Waals surface area contributed by atoms with Crippen LogP contribution in [0.4, 0.5) is 15.8 Å². The average Bonchev–Trinajstić information content (AvgIpc) is 2.47. The number of hydrogen-bond donors (Lipinski definition) is 1. The molecule has 21 heavy (non-hydrogen) atoms. The first-order chi connectivity index (χ1) is 10.1. The normalized spacial score (nSPS) is 10.4. The van der Waals surface area contributed by atoms with Crippen molar-refractivity contribution in [1.82, 2.24) is 0 Å². The van der Waals surface area contributed by atoms with Gasteiger partial charge < -0.3 is 10.6 Å². The molecule has 0 bridgehead atoms. The molecule has 0 saturated heterocycles. The molecule has 0 heterocycles. The second-order valence-corrected chi connectivity index (χ2v) is 5.73. The third-order valence-electron chi connectivity index (χ3n) is 3.20. The largest absolute Gasteiger partial charge is 0.389 e. The molecule has 0 fully saturated rings. The Kier molecular flexibility index (Phi) is 5.20. The Hall–Kier alpha value is -1.59. The summed E-state index contributed by atoms with van der Waals surface area (Å²) in [5.74, 6) is -0.260. The van der Waals surface area contributed by atoms with Gasteiger partial charge in [-0.25, -0.2) is 4.39 Å². The molecule has 0 saturated carbocycles. The fourth-order valence-electron chi connectivity index (χ4n) is 2.30. The molecule has 0 spiro atoms. The van der Waals surface area contributed by atoms with Gasteiger partial charge in [-0.1, -0.05) is 24.4 Å². The van der Waals surface area contributed by atoms with E-state index in [9.17, 15) is 4.39 Å². The van der Waals surface area contributed by atoms with Gasteiger partial charge >= 0.3 is 0 Å². The van der Waals surface area contributed by atoms with Crippen molar-refractivity contribution in [3.8, 4) is 0 Å². The molecule has 2 N–H and O–H groups in total. The summed E-state index contributed by atoms with van der Waals surface area (Å²) in [5.41, 5.74) is 8.44. The first-order valence-electron chi connectivity index (χ1n) is 6.58. The van der Waals surface area contributed by atoms with Gasteiger partial charge in [0.05, 0.1) is 5.69 Å². The molecule has 0 radical (unpaired) electrons. The number of benzene rings is 2. The van der Waals surface area contributed by atoms with Crippen molar-refractivity contribution < 1.29 is 4.39 Å². The molecule has 2 nitrogen and oxygen atoms in total. The molecule has 110 valence electrons. The monoisotopic (exact) mass is 320 g/mol. The van der Waals surface area contributed by atoms with E-state index in [2.05, 4.69) is 0 Å². The predicted molar refractivity (Wildman–Crippen MR) is 93.2 cm³/mol. The highest BCUT2D eigenvalue weighted by Crippen LogP contribution is 2.34. The van der Waals surface area contributed by atoms with Crippen LogP contribution >= 0.6 is 24.0 Å². The van der Waals surface area contributed by atoms with Crippen molar-refractivity contribution in [2.24, 2.45) is 5.73 Å². The van der Waals surface area contributed by atoms with E-state index in [1.54, 1.807) is 17.8 Å². The average molecular weight is 320 g/mol. The quantitative estimate of drug-likeness (QED) is 0.655. The first-order valence-corrected chi connectivity index (χ1v) is 8.21. The maximum atomic E-state index is 13.5. The Labute approximate surface area is 134 Å². The fraction of sp³-hybridized carbons (Fsp3) is 0.188. The third-order valence-corrected chi connectivity index (χ3v) is 4.18. The molecule has 0 aliphatic carbocycles. The van der Waals surface area contributed by atoms with Crippen LogP contribution in [0.1, 0.15) is 12.5 Å². The molecule has 5 heteroatoms. The topological polar surface area (TPSA) is 29.3 Å². The molecule has 0 aromatic heterocycles. The smallest absolute Gasteiger partial charge is 0.125 e. The summed E-state index contributed by atoms with van der Waals surface area (Å²) < 4.78 is 13.5. The van der Waals surface area contributed by atoms with Crippen LogP contribution in [-0.4, -0.2) is 17.8 Å². The Morgan fingerprint density at radius 1 is 1.29 bits per heavy atom. The van der Waals surface area contributed by atoms with E-state index in [-0.39, 0.29) is 5.82 Å². The fourth-order valence-corrected chi connectivity index (χ4v) is 3.21. The minimum absolute atomic E-state index is 0.260. The molecular formula is C16H17FN2S2. The highest BCUT2D eigenvalue weighted by atomic mass is 32.2. The van der Waals surface area contributed by atoms with Crippen molar-refractivity contribution in [1.29, 1.82) is 0 Å². The Morgan fingerprint density at radius 2 is 2.00 bits per heavy atom. The van der Waals surface area contributed by atoms with Crippen LogP contribution in [0.25, 0.3) is 0 Å². The minimum atomic E-state index is -0.260. The summed E-state index contributed by atoms with van der Waals surface area (Å²) in [7, 11) is 0. The van der Waals surface area contributed by atoms with Gasteiger partial charge in [0.25, 0.3) is 0 Å². The highest BCUT2D eigenvalue weighted by Gasteiger charge is 2.17. The van der Waals surface area contributed by atoms with Crippen molar-refractivity contribution in [2.45, 2.75) is 11.8 Å². The molecule has 2 aromatic carbocycles. The van der Waals surface area contributed by atoms with E-state index in [1.807, 2.05) is 42.3 Å². The number of anilines is 2. The van der Waals surface area contributed by atoms with Gasteiger partial charge in [-0.3, -0.25) is 0 Å². The molecule has 0 atom stereocenters. The second kappa shape index (κ2) is 6.91. The number of halogens is 1. The first kappa shape index (κ1) is 15.8. The third kappa shape index (κ3) is 3.36. The van der Waals surface area contributed by atoms with Crippen LogP contribution in [0.15, 0.2) is 47.4 Å². The van der Waals surface area contributed by atoms with Crippen LogP contribution in [0.2, 0.25) is 0 Å². The van der Waals surface area contributed by atoms with Crippen molar-refractivity contribution >= 4 is 40.3 Å². The zero-order chi connectivity index (χ0) is 15.4. The number of thioether (sulfide) groups is 1. The number of rotatable bonds is 5. The lowest BCUT2D eigenvalue weighted by atomic mass is 10.1. The number of nitrogens with two attached hydrogens (primary N) is 1. The second-order valence-electron chi connectivity index (χ2n) is 4.44. The van der Waals surface area contributed by atoms with Gasteiger partial charge in [0.15, 0.2) is 0 Å². The lowest BCUT2D eigenvalue weighted by Gasteiger charge is -2.26. The van der Waals surface area contributed by atoms with E-state index in [0.29, 0.717) is 11.5 Å². The maximum absolute atomic E-state index is 13.5. The summed E-state index contributed by atoms with van der Waals surface area (Å²) in [6.07, 6.45) is 1.99. The van der Waals surface area contributed by atoms with Crippen LogP contribution in [-0.2, 0) is 0 Å². The van der Waals surface area contributed by atoms with Crippen molar-refractivity contribution in [2.75, 3.05) is 17.7 Å². The van der Waals surface area contributed by atoms with Gasteiger partial charge in [0.2, 0.25) is 0 Å². The molecule has 2 aromatic rings. The van der Waals surface area contributed by atoms with E-state index in [1.165, 1.54) is 12.1 Å². The van der Waals surface area contributed by atoms with E-state index < -0.39 is 0 Å².